The first kappa shape index (κ1) is 14.8. The molecule has 1 fully saturated rings. The zero-order valence-corrected chi connectivity index (χ0v) is 12.1. The molecule has 0 spiro atoms. The predicted molar refractivity (Wildman–Crippen MR) is 75.7 cm³/mol. The maximum atomic E-state index is 12.4. The number of rotatable bonds is 4. The first-order chi connectivity index (χ1) is 9.65. The molecule has 110 valence electrons. The molecule has 5 nitrogen and oxygen atoms in total. The molecule has 2 heterocycles. The van der Waals surface area contributed by atoms with Gasteiger partial charge in [0.2, 0.25) is 0 Å². The molecule has 0 radical (unpaired) electrons. The second kappa shape index (κ2) is 6.70. The Balaban J connectivity index is 1.97. The SMILES string of the molecule is CCC(O)C1CCN(C(=O)c2cc(OC)ccn2)CC1. The number of amides is 1. The highest BCUT2D eigenvalue weighted by Gasteiger charge is 2.27. The quantitative estimate of drug-likeness (QED) is 0.910. The van der Waals surface area contributed by atoms with Crippen molar-refractivity contribution in [2.75, 3.05) is 20.2 Å². The number of pyridine rings is 1. The molecule has 20 heavy (non-hydrogen) atoms. The summed E-state index contributed by atoms with van der Waals surface area (Å²) >= 11 is 0. The molecule has 1 atom stereocenters. The highest BCUT2D eigenvalue weighted by Crippen LogP contribution is 2.23. The fraction of sp³-hybridized carbons (Fsp3) is 0.600. The van der Waals surface area contributed by atoms with Crippen molar-refractivity contribution in [1.82, 2.24) is 9.88 Å². The molecule has 1 aliphatic rings. The van der Waals surface area contributed by atoms with Crippen LogP contribution < -0.4 is 4.74 Å². The van der Waals surface area contributed by atoms with Gasteiger partial charge in [-0.3, -0.25) is 9.78 Å². The van der Waals surface area contributed by atoms with Crippen LogP contribution >= 0.6 is 0 Å². The molecule has 1 amide bonds. The van der Waals surface area contributed by atoms with Crippen LogP contribution in [-0.2, 0) is 0 Å². The second-order valence-corrected chi connectivity index (χ2v) is 5.19. The van der Waals surface area contributed by atoms with E-state index in [1.807, 2.05) is 6.92 Å². The third-order valence-corrected chi connectivity index (χ3v) is 3.98. The van der Waals surface area contributed by atoms with Crippen molar-refractivity contribution in [2.24, 2.45) is 5.92 Å². The minimum absolute atomic E-state index is 0.0617. The van der Waals surface area contributed by atoms with Crippen LogP contribution in [0.1, 0.15) is 36.7 Å². The molecule has 1 saturated heterocycles. The zero-order valence-electron chi connectivity index (χ0n) is 12.1. The van der Waals surface area contributed by atoms with Crippen molar-refractivity contribution >= 4 is 5.91 Å². The number of carbonyl (C=O) groups is 1. The minimum Gasteiger partial charge on any atom is -0.497 e. The number of likely N-dealkylation sites (tertiary alicyclic amines) is 1. The van der Waals surface area contributed by atoms with E-state index >= 15 is 0 Å². The van der Waals surface area contributed by atoms with E-state index in [9.17, 15) is 9.90 Å². The standard InChI is InChI=1S/C15H22N2O3/c1-3-14(18)11-5-8-17(9-6-11)15(19)13-10-12(20-2)4-7-16-13/h4,7,10-11,14,18H,3,5-6,8-9H2,1-2H3. The van der Waals surface area contributed by atoms with Gasteiger partial charge < -0.3 is 14.7 Å². The highest BCUT2D eigenvalue weighted by molar-refractivity contribution is 5.92. The van der Waals surface area contributed by atoms with E-state index in [0.29, 0.717) is 30.5 Å². The summed E-state index contributed by atoms with van der Waals surface area (Å²) in [4.78, 5) is 18.3. The predicted octanol–water partition coefficient (Wildman–Crippen LogP) is 1.71. The third kappa shape index (κ3) is 3.28. The monoisotopic (exact) mass is 278 g/mol. The Morgan fingerprint density at radius 1 is 1.55 bits per heavy atom. The maximum Gasteiger partial charge on any atom is 0.272 e. The summed E-state index contributed by atoms with van der Waals surface area (Å²) in [6.45, 7) is 3.35. The summed E-state index contributed by atoms with van der Waals surface area (Å²) < 4.78 is 5.11. The molecule has 0 bridgehead atoms. The van der Waals surface area contributed by atoms with Crippen LogP contribution in [0.2, 0.25) is 0 Å². The van der Waals surface area contributed by atoms with E-state index in [4.69, 9.17) is 4.74 Å². The minimum atomic E-state index is -0.248. The van der Waals surface area contributed by atoms with Gasteiger partial charge in [-0.05, 0) is 31.2 Å². The van der Waals surface area contributed by atoms with Gasteiger partial charge in [-0.15, -0.1) is 0 Å². The molecule has 1 N–H and O–H groups in total. The number of piperidine rings is 1. The summed E-state index contributed by atoms with van der Waals surface area (Å²) in [5.74, 6) is 0.885. The van der Waals surface area contributed by atoms with E-state index in [1.165, 1.54) is 0 Å². The van der Waals surface area contributed by atoms with Crippen LogP contribution in [0.25, 0.3) is 0 Å². The Morgan fingerprint density at radius 2 is 2.25 bits per heavy atom. The van der Waals surface area contributed by atoms with Gasteiger partial charge in [-0.25, -0.2) is 0 Å². The average Bonchev–Trinajstić information content (AvgIpc) is 2.53. The number of nitrogens with zero attached hydrogens (tertiary/aromatic N) is 2. The van der Waals surface area contributed by atoms with Crippen LogP contribution in [-0.4, -0.2) is 47.2 Å². The molecular formula is C15H22N2O3. The van der Waals surface area contributed by atoms with Gasteiger partial charge in [0.1, 0.15) is 11.4 Å². The topological polar surface area (TPSA) is 62.7 Å². The smallest absolute Gasteiger partial charge is 0.272 e. The van der Waals surface area contributed by atoms with Gasteiger partial charge in [0, 0.05) is 25.4 Å². The lowest BCUT2D eigenvalue weighted by molar-refractivity contribution is 0.0450. The first-order valence-corrected chi connectivity index (χ1v) is 7.13. The Bertz CT molecular complexity index is 456. The van der Waals surface area contributed by atoms with Crippen molar-refractivity contribution in [3.8, 4) is 5.75 Å². The van der Waals surface area contributed by atoms with E-state index in [-0.39, 0.29) is 12.0 Å². The van der Waals surface area contributed by atoms with Gasteiger partial charge in [0.25, 0.3) is 5.91 Å². The van der Waals surface area contributed by atoms with Crippen LogP contribution in [0.15, 0.2) is 18.3 Å². The van der Waals surface area contributed by atoms with Crippen molar-refractivity contribution < 1.29 is 14.6 Å². The molecule has 1 aliphatic heterocycles. The van der Waals surface area contributed by atoms with Crippen molar-refractivity contribution in [2.45, 2.75) is 32.3 Å². The number of aromatic nitrogens is 1. The van der Waals surface area contributed by atoms with Crippen molar-refractivity contribution in [1.29, 1.82) is 0 Å². The number of hydrogen-bond acceptors (Lipinski definition) is 4. The van der Waals surface area contributed by atoms with Gasteiger partial charge in [-0.1, -0.05) is 6.92 Å². The number of hydrogen-bond donors (Lipinski definition) is 1. The second-order valence-electron chi connectivity index (χ2n) is 5.19. The van der Waals surface area contributed by atoms with E-state index < -0.39 is 0 Å². The largest absolute Gasteiger partial charge is 0.497 e. The van der Waals surface area contributed by atoms with E-state index in [0.717, 1.165) is 19.3 Å². The molecule has 0 aliphatic carbocycles. The summed E-state index contributed by atoms with van der Waals surface area (Å²) in [6.07, 6.45) is 3.81. The Morgan fingerprint density at radius 3 is 2.85 bits per heavy atom. The fourth-order valence-corrected chi connectivity index (χ4v) is 2.64. The van der Waals surface area contributed by atoms with Crippen LogP contribution in [0.3, 0.4) is 0 Å². The maximum absolute atomic E-state index is 12.4. The van der Waals surface area contributed by atoms with Crippen molar-refractivity contribution in [3.05, 3.63) is 24.0 Å². The molecule has 5 heteroatoms. The number of aliphatic hydroxyl groups excluding tert-OH is 1. The molecule has 1 unspecified atom stereocenters. The molecule has 2 rings (SSSR count). The van der Waals surface area contributed by atoms with Crippen LogP contribution in [0.4, 0.5) is 0 Å². The van der Waals surface area contributed by atoms with Crippen LogP contribution in [0, 0.1) is 5.92 Å². The molecule has 0 saturated carbocycles. The molecule has 1 aromatic rings. The normalized spacial score (nSPS) is 17.9. The first-order valence-electron chi connectivity index (χ1n) is 7.13. The molecule has 0 aromatic carbocycles. The Kier molecular flexibility index (Phi) is 4.95. The van der Waals surface area contributed by atoms with Gasteiger partial charge in [0.05, 0.1) is 13.2 Å². The van der Waals surface area contributed by atoms with Crippen LogP contribution in [0.5, 0.6) is 5.75 Å². The summed E-state index contributed by atoms with van der Waals surface area (Å²) in [7, 11) is 1.57. The lowest BCUT2D eigenvalue weighted by atomic mass is 9.90. The summed E-state index contributed by atoms with van der Waals surface area (Å²) in [6, 6.07) is 3.38. The van der Waals surface area contributed by atoms with E-state index in [1.54, 1.807) is 30.3 Å². The van der Waals surface area contributed by atoms with Gasteiger partial charge in [0.15, 0.2) is 0 Å². The molecule has 1 aromatic heterocycles. The average molecular weight is 278 g/mol. The zero-order chi connectivity index (χ0) is 14.5. The fourth-order valence-electron chi connectivity index (χ4n) is 2.64. The number of methoxy groups -OCH3 is 1. The Labute approximate surface area is 119 Å². The Hall–Kier alpha value is -1.62. The summed E-state index contributed by atoms with van der Waals surface area (Å²) in [5, 5.41) is 9.86. The molecular weight excluding hydrogens is 256 g/mol. The lowest BCUT2D eigenvalue weighted by Crippen LogP contribution is -2.41. The summed E-state index contributed by atoms with van der Waals surface area (Å²) in [5.41, 5.74) is 0.416. The van der Waals surface area contributed by atoms with E-state index in [2.05, 4.69) is 4.98 Å². The number of aliphatic hydroxyl groups is 1. The lowest BCUT2D eigenvalue weighted by Gasteiger charge is -2.33. The highest BCUT2D eigenvalue weighted by atomic mass is 16.5. The number of carbonyl (C=O) groups excluding carboxylic acids is 1. The van der Waals surface area contributed by atoms with Crippen molar-refractivity contribution in [3.63, 3.8) is 0 Å². The van der Waals surface area contributed by atoms with Gasteiger partial charge in [-0.2, -0.15) is 0 Å². The van der Waals surface area contributed by atoms with Gasteiger partial charge >= 0.3 is 0 Å². The third-order valence-electron chi connectivity index (χ3n) is 3.98. The number of ether oxygens (including phenoxy) is 1.